The minimum absolute atomic E-state index is 0.0818. The van der Waals surface area contributed by atoms with E-state index in [0.29, 0.717) is 5.69 Å². The fourth-order valence-corrected chi connectivity index (χ4v) is 1.52. The number of amides is 1. The number of hydrogen-bond donors (Lipinski definition) is 3. The van der Waals surface area contributed by atoms with E-state index < -0.39 is 5.41 Å². The van der Waals surface area contributed by atoms with Gasteiger partial charge < -0.3 is 16.2 Å². The van der Waals surface area contributed by atoms with Crippen LogP contribution in [0.3, 0.4) is 0 Å². The number of hydrogen-bond acceptors (Lipinski definition) is 3. The van der Waals surface area contributed by atoms with Crippen LogP contribution in [-0.2, 0) is 4.79 Å². The van der Waals surface area contributed by atoms with Gasteiger partial charge in [0.2, 0.25) is 5.91 Å². The summed E-state index contributed by atoms with van der Waals surface area (Å²) in [6.45, 7) is 3.68. The van der Waals surface area contributed by atoms with Crippen LogP contribution in [0, 0.1) is 5.41 Å². The summed E-state index contributed by atoms with van der Waals surface area (Å²) in [7, 11) is 0. The molecular formula is C11H14Cl2N2O2. The van der Waals surface area contributed by atoms with E-state index in [1.807, 2.05) is 0 Å². The van der Waals surface area contributed by atoms with Gasteiger partial charge in [0.25, 0.3) is 0 Å². The number of carbonyl (C=O) groups is 1. The molecule has 0 radical (unpaired) electrons. The van der Waals surface area contributed by atoms with E-state index in [-0.39, 0.29) is 28.2 Å². The van der Waals surface area contributed by atoms with Crippen molar-refractivity contribution >= 4 is 34.8 Å². The Morgan fingerprint density at radius 3 is 2.29 bits per heavy atom. The number of phenols is 1. The fourth-order valence-electron chi connectivity index (χ4n) is 1.03. The van der Waals surface area contributed by atoms with Gasteiger partial charge in [0.05, 0.1) is 15.5 Å². The fraction of sp³-hybridized carbons (Fsp3) is 0.364. The molecule has 1 aromatic rings. The van der Waals surface area contributed by atoms with Gasteiger partial charge in [-0.15, -0.1) is 0 Å². The Bertz CT molecular complexity index is 424. The Morgan fingerprint density at radius 2 is 1.88 bits per heavy atom. The number of carbonyl (C=O) groups excluding carboxylic acids is 1. The molecule has 0 aromatic heterocycles. The van der Waals surface area contributed by atoms with Crippen LogP contribution in [0.5, 0.6) is 5.75 Å². The maximum Gasteiger partial charge on any atom is 0.231 e. The average molecular weight is 277 g/mol. The number of phenolic OH excluding ortho intramolecular Hbond substituents is 1. The summed E-state index contributed by atoms with van der Waals surface area (Å²) in [4.78, 5) is 11.8. The third kappa shape index (κ3) is 3.25. The van der Waals surface area contributed by atoms with Crippen LogP contribution in [0.2, 0.25) is 10.0 Å². The smallest absolute Gasteiger partial charge is 0.231 e. The largest absolute Gasteiger partial charge is 0.505 e. The number of halogens is 2. The van der Waals surface area contributed by atoms with Crippen molar-refractivity contribution in [1.29, 1.82) is 0 Å². The van der Waals surface area contributed by atoms with E-state index >= 15 is 0 Å². The van der Waals surface area contributed by atoms with Gasteiger partial charge in [-0.05, 0) is 26.0 Å². The molecule has 0 bridgehead atoms. The molecule has 0 saturated heterocycles. The molecule has 1 rings (SSSR count). The van der Waals surface area contributed by atoms with Crippen LogP contribution in [0.15, 0.2) is 12.1 Å². The summed E-state index contributed by atoms with van der Waals surface area (Å²) in [6, 6.07) is 2.85. The van der Waals surface area contributed by atoms with Crippen molar-refractivity contribution in [1.82, 2.24) is 0 Å². The molecule has 1 amide bonds. The number of nitrogens with two attached hydrogens (primary N) is 1. The Labute approximate surface area is 110 Å². The van der Waals surface area contributed by atoms with Crippen LogP contribution in [0.1, 0.15) is 13.8 Å². The second-order valence-corrected chi connectivity index (χ2v) is 5.15. The summed E-state index contributed by atoms with van der Waals surface area (Å²) in [5.74, 6) is -0.442. The highest BCUT2D eigenvalue weighted by Crippen LogP contribution is 2.35. The lowest BCUT2D eigenvalue weighted by Crippen LogP contribution is -2.37. The van der Waals surface area contributed by atoms with Crippen molar-refractivity contribution in [2.24, 2.45) is 11.1 Å². The van der Waals surface area contributed by atoms with Gasteiger partial charge in [0.1, 0.15) is 0 Å². The topological polar surface area (TPSA) is 75.4 Å². The van der Waals surface area contributed by atoms with Gasteiger partial charge in [-0.1, -0.05) is 23.2 Å². The minimum atomic E-state index is -0.684. The first-order valence-corrected chi connectivity index (χ1v) is 5.73. The zero-order valence-corrected chi connectivity index (χ0v) is 11.1. The van der Waals surface area contributed by atoms with Gasteiger partial charge >= 0.3 is 0 Å². The van der Waals surface area contributed by atoms with E-state index in [9.17, 15) is 9.90 Å². The van der Waals surface area contributed by atoms with Crippen molar-refractivity contribution in [3.63, 3.8) is 0 Å². The van der Waals surface area contributed by atoms with Crippen molar-refractivity contribution in [3.05, 3.63) is 22.2 Å². The highest BCUT2D eigenvalue weighted by molar-refractivity contribution is 6.37. The molecule has 0 fully saturated rings. The third-order valence-corrected chi connectivity index (χ3v) is 2.98. The van der Waals surface area contributed by atoms with Crippen molar-refractivity contribution < 1.29 is 9.90 Å². The van der Waals surface area contributed by atoms with Gasteiger partial charge in [-0.3, -0.25) is 4.79 Å². The second-order valence-electron chi connectivity index (χ2n) is 4.33. The molecule has 4 N–H and O–H groups in total. The van der Waals surface area contributed by atoms with Crippen LogP contribution < -0.4 is 11.1 Å². The maximum absolute atomic E-state index is 11.8. The monoisotopic (exact) mass is 276 g/mol. The van der Waals surface area contributed by atoms with Crippen LogP contribution in [0.25, 0.3) is 0 Å². The summed E-state index contributed by atoms with van der Waals surface area (Å²) >= 11 is 11.5. The maximum atomic E-state index is 11.8. The normalized spacial score (nSPS) is 11.4. The number of nitrogens with one attached hydrogen (secondary N) is 1. The van der Waals surface area contributed by atoms with E-state index in [0.717, 1.165) is 0 Å². The SMILES string of the molecule is CC(C)(CN)C(=O)Nc1cc(Cl)c(O)c(Cl)c1. The molecule has 0 heterocycles. The Balaban J connectivity index is 2.94. The predicted molar refractivity (Wildman–Crippen MR) is 69.6 cm³/mol. The molecular weight excluding hydrogens is 263 g/mol. The molecule has 0 aliphatic carbocycles. The first-order valence-electron chi connectivity index (χ1n) is 4.97. The lowest BCUT2D eigenvalue weighted by molar-refractivity contribution is -0.123. The van der Waals surface area contributed by atoms with E-state index in [4.69, 9.17) is 28.9 Å². The summed E-state index contributed by atoms with van der Waals surface area (Å²) < 4.78 is 0. The summed E-state index contributed by atoms with van der Waals surface area (Å²) in [5.41, 5.74) is 5.23. The molecule has 0 spiro atoms. The van der Waals surface area contributed by atoms with Crippen LogP contribution >= 0.6 is 23.2 Å². The molecule has 1 aromatic carbocycles. The highest BCUT2D eigenvalue weighted by Gasteiger charge is 2.26. The molecule has 4 nitrogen and oxygen atoms in total. The van der Waals surface area contributed by atoms with Crippen molar-refractivity contribution in [3.8, 4) is 5.75 Å². The van der Waals surface area contributed by atoms with E-state index in [1.54, 1.807) is 13.8 Å². The zero-order chi connectivity index (χ0) is 13.2. The molecule has 6 heteroatoms. The van der Waals surface area contributed by atoms with Crippen LogP contribution in [0.4, 0.5) is 5.69 Å². The lowest BCUT2D eigenvalue weighted by Gasteiger charge is -2.21. The van der Waals surface area contributed by atoms with Crippen molar-refractivity contribution in [2.75, 3.05) is 11.9 Å². The van der Waals surface area contributed by atoms with Gasteiger partial charge in [0, 0.05) is 12.2 Å². The second kappa shape index (κ2) is 5.12. The highest BCUT2D eigenvalue weighted by atomic mass is 35.5. The standard InChI is InChI=1S/C11H14Cl2N2O2/c1-11(2,5-14)10(17)15-6-3-7(12)9(16)8(13)4-6/h3-4,16H,5,14H2,1-2H3,(H,15,17). The molecule has 0 saturated carbocycles. The first kappa shape index (κ1) is 14.1. The molecule has 0 aliphatic heterocycles. The number of aromatic hydroxyl groups is 1. The quantitative estimate of drug-likeness (QED) is 0.743. The number of rotatable bonds is 3. The lowest BCUT2D eigenvalue weighted by atomic mass is 9.92. The average Bonchev–Trinajstić information content (AvgIpc) is 2.25. The van der Waals surface area contributed by atoms with Crippen molar-refractivity contribution in [2.45, 2.75) is 13.8 Å². The van der Waals surface area contributed by atoms with Gasteiger partial charge in [0.15, 0.2) is 5.75 Å². The molecule has 94 valence electrons. The Hall–Kier alpha value is -0.970. The Kier molecular flexibility index (Phi) is 4.25. The van der Waals surface area contributed by atoms with E-state index in [1.165, 1.54) is 12.1 Å². The zero-order valence-electron chi connectivity index (χ0n) is 9.55. The summed E-state index contributed by atoms with van der Waals surface area (Å²) in [6.07, 6.45) is 0. The Morgan fingerprint density at radius 1 is 1.41 bits per heavy atom. The van der Waals surface area contributed by atoms with Gasteiger partial charge in [-0.2, -0.15) is 0 Å². The predicted octanol–water partition coefficient (Wildman–Crippen LogP) is 2.62. The summed E-state index contributed by atoms with van der Waals surface area (Å²) in [5, 5.41) is 12.2. The van der Waals surface area contributed by atoms with E-state index in [2.05, 4.69) is 5.32 Å². The minimum Gasteiger partial charge on any atom is -0.505 e. The number of benzene rings is 1. The van der Waals surface area contributed by atoms with Crippen LogP contribution in [-0.4, -0.2) is 17.6 Å². The molecule has 0 atom stereocenters. The molecule has 0 unspecified atom stereocenters. The molecule has 0 aliphatic rings. The third-order valence-electron chi connectivity index (χ3n) is 2.40. The molecule has 17 heavy (non-hydrogen) atoms. The number of anilines is 1. The first-order chi connectivity index (χ1) is 7.77. The van der Waals surface area contributed by atoms with Gasteiger partial charge in [-0.25, -0.2) is 0 Å².